The van der Waals surface area contributed by atoms with Crippen LogP contribution >= 0.6 is 11.8 Å². The Hall–Kier alpha value is -0.470. The van der Waals surface area contributed by atoms with Gasteiger partial charge >= 0.3 is 0 Å². The first kappa shape index (κ1) is 10.1. The number of benzene rings is 1. The molecule has 1 N–H and O–H groups in total. The zero-order valence-electron chi connectivity index (χ0n) is 8.62. The molecule has 0 bridgehead atoms. The third kappa shape index (κ3) is 2.12. The van der Waals surface area contributed by atoms with E-state index in [4.69, 9.17) is 0 Å². The van der Waals surface area contributed by atoms with E-state index in [9.17, 15) is 0 Å². The first-order valence-electron chi connectivity index (χ1n) is 5.34. The lowest BCUT2D eigenvalue weighted by Gasteiger charge is -2.25. The van der Waals surface area contributed by atoms with E-state index < -0.39 is 0 Å². The Bertz CT molecular complexity index is 292. The average molecular weight is 207 g/mol. The van der Waals surface area contributed by atoms with Crippen molar-refractivity contribution in [3.8, 4) is 0 Å². The molecule has 0 spiro atoms. The minimum Gasteiger partial charge on any atom is -0.302 e. The summed E-state index contributed by atoms with van der Waals surface area (Å²) >= 11 is 2.03. The minimum absolute atomic E-state index is 0.528. The summed E-state index contributed by atoms with van der Waals surface area (Å²) in [6, 6.07) is 8.78. The van der Waals surface area contributed by atoms with Crippen LogP contribution in [0.1, 0.15) is 29.8 Å². The van der Waals surface area contributed by atoms with Gasteiger partial charge in [-0.05, 0) is 36.3 Å². The number of nitrogens with one attached hydrogen (secondary N) is 1. The molecule has 0 amide bonds. The number of hydrogen-bond acceptors (Lipinski definition) is 2. The summed E-state index contributed by atoms with van der Waals surface area (Å²) in [4.78, 5) is 0. The van der Waals surface area contributed by atoms with E-state index in [-0.39, 0.29) is 0 Å². The van der Waals surface area contributed by atoms with Crippen LogP contribution in [0.25, 0.3) is 0 Å². The molecule has 1 aliphatic heterocycles. The van der Waals surface area contributed by atoms with Gasteiger partial charge in [-0.1, -0.05) is 31.2 Å². The molecule has 2 heteroatoms. The van der Waals surface area contributed by atoms with Crippen LogP contribution in [-0.2, 0) is 6.42 Å². The lowest BCUT2D eigenvalue weighted by molar-refractivity contribution is 0.639. The molecule has 14 heavy (non-hydrogen) atoms. The maximum absolute atomic E-state index is 3.57. The zero-order valence-corrected chi connectivity index (χ0v) is 9.44. The highest BCUT2D eigenvalue weighted by Crippen LogP contribution is 2.31. The molecule has 1 aromatic carbocycles. The molecule has 1 fully saturated rings. The van der Waals surface area contributed by atoms with Crippen LogP contribution in [0.2, 0.25) is 0 Å². The molecule has 1 aliphatic rings. The molecule has 1 atom stereocenters. The summed E-state index contributed by atoms with van der Waals surface area (Å²) < 4.78 is 0. The van der Waals surface area contributed by atoms with E-state index in [2.05, 4.69) is 36.5 Å². The Morgan fingerprint density at radius 1 is 1.43 bits per heavy atom. The van der Waals surface area contributed by atoms with Gasteiger partial charge in [-0.25, -0.2) is 0 Å². The molecule has 0 saturated carbocycles. The van der Waals surface area contributed by atoms with Crippen LogP contribution in [0.5, 0.6) is 0 Å². The standard InChI is InChI=1S/C12H17NS/c1-2-10-6-3-4-7-11(10)12-13-8-5-9-14-12/h3-4,6-7,12-13H,2,5,8-9H2,1H3. The molecule has 0 radical (unpaired) electrons. The molecule has 0 aromatic heterocycles. The fraction of sp³-hybridized carbons (Fsp3) is 0.500. The predicted molar refractivity (Wildman–Crippen MR) is 63.6 cm³/mol. The summed E-state index contributed by atoms with van der Waals surface area (Å²) in [7, 11) is 0. The van der Waals surface area contributed by atoms with Gasteiger partial charge in [-0.15, -0.1) is 11.8 Å². The van der Waals surface area contributed by atoms with Gasteiger partial charge in [0.1, 0.15) is 0 Å². The summed E-state index contributed by atoms with van der Waals surface area (Å²) in [5.41, 5.74) is 2.97. The maximum Gasteiger partial charge on any atom is 0.0792 e. The zero-order chi connectivity index (χ0) is 9.80. The second kappa shape index (κ2) is 4.85. The average Bonchev–Trinajstić information content (AvgIpc) is 2.30. The van der Waals surface area contributed by atoms with Gasteiger partial charge in [-0.3, -0.25) is 0 Å². The number of thioether (sulfide) groups is 1. The van der Waals surface area contributed by atoms with Gasteiger partial charge in [0, 0.05) is 0 Å². The fourth-order valence-electron chi connectivity index (χ4n) is 1.88. The molecule has 1 nitrogen and oxygen atoms in total. The SMILES string of the molecule is CCc1ccccc1C1NCCCS1. The normalized spacial score (nSPS) is 22.2. The topological polar surface area (TPSA) is 12.0 Å². The maximum atomic E-state index is 3.57. The Morgan fingerprint density at radius 3 is 3.00 bits per heavy atom. The van der Waals surface area contributed by atoms with Crippen molar-refractivity contribution < 1.29 is 0 Å². The molecular formula is C12H17NS. The van der Waals surface area contributed by atoms with Crippen molar-refractivity contribution in [2.75, 3.05) is 12.3 Å². The largest absolute Gasteiger partial charge is 0.302 e. The van der Waals surface area contributed by atoms with Gasteiger partial charge in [0.25, 0.3) is 0 Å². The Labute approximate surface area is 90.3 Å². The molecule has 1 saturated heterocycles. The van der Waals surface area contributed by atoms with Crippen molar-refractivity contribution in [3.05, 3.63) is 35.4 Å². The first-order chi connectivity index (χ1) is 6.92. The van der Waals surface area contributed by atoms with E-state index in [0.29, 0.717) is 5.37 Å². The highest BCUT2D eigenvalue weighted by molar-refractivity contribution is 7.99. The Kier molecular flexibility index (Phi) is 3.49. The van der Waals surface area contributed by atoms with Crippen LogP contribution in [0.15, 0.2) is 24.3 Å². The monoisotopic (exact) mass is 207 g/mol. The number of hydrogen-bond donors (Lipinski definition) is 1. The summed E-state index contributed by atoms with van der Waals surface area (Å²) in [6.45, 7) is 3.39. The third-order valence-corrected chi connectivity index (χ3v) is 3.93. The van der Waals surface area contributed by atoms with Crippen molar-refractivity contribution in [1.29, 1.82) is 0 Å². The van der Waals surface area contributed by atoms with E-state index in [1.807, 2.05) is 11.8 Å². The Morgan fingerprint density at radius 2 is 2.29 bits per heavy atom. The predicted octanol–water partition coefficient (Wildman–Crippen LogP) is 2.97. The first-order valence-corrected chi connectivity index (χ1v) is 6.39. The highest BCUT2D eigenvalue weighted by Gasteiger charge is 2.16. The van der Waals surface area contributed by atoms with Crippen LogP contribution in [-0.4, -0.2) is 12.3 Å². The van der Waals surface area contributed by atoms with Crippen molar-refractivity contribution in [1.82, 2.24) is 5.32 Å². The van der Waals surface area contributed by atoms with Crippen molar-refractivity contribution in [3.63, 3.8) is 0 Å². The number of rotatable bonds is 2. The second-order valence-electron chi connectivity index (χ2n) is 3.61. The van der Waals surface area contributed by atoms with Gasteiger partial charge in [0.15, 0.2) is 0 Å². The highest BCUT2D eigenvalue weighted by atomic mass is 32.2. The number of aryl methyl sites for hydroxylation is 1. The van der Waals surface area contributed by atoms with Crippen LogP contribution in [0.3, 0.4) is 0 Å². The quantitative estimate of drug-likeness (QED) is 0.800. The second-order valence-corrected chi connectivity index (χ2v) is 4.82. The third-order valence-electron chi connectivity index (χ3n) is 2.65. The van der Waals surface area contributed by atoms with Gasteiger partial charge in [0.2, 0.25) is 0 Å². The molecule has 76 valence electrons. The van der Waals surface area contributed by atoms with E-state index in [1.54, 1.807) is 0 Å². The summed E-state index contributed by atoms with van der Waals surface area (Å²) in [5.74, 6) is 1.29. The van der Waals surface area contributed by atoms with Gasteiger partial charge in [0.05, 0.1) is 5.37 Å². The van der Waals surface area contributed by atoms with E-state index in [0.717, 1.165) is 13.0 Å². The summed E-state index contributed by atoms with van der Waals surface area (Å²) in [6.07, 6.45) is 2.43. The van der Waals surface area contributed by atoms with Gasteiger partial charge in [-0.2, -0.15) is 0 Å². The minimum atomic E-state index is 0.528. The molecule has 0 aliphatic carbocycles. The van der Waals surface area contributed by atoms with Crippen LogP contribution in [0.4, 0.5) is 0 Å². The van der Waals surface area contributed by atoms with Gasteiger partial charge < -0.3 is 5.32 Å². The lowest BCUT2D eigenvalue weighted by atomic mass is 10.1. The molecule has 1 heterocycles. The molecule has 2 rings (SSSR count). The Balaban J connectivity index is 2.20. The smallest absolute Gasteiger partial charge is 0.0792 e. The lowest BCUT2D eigenvalue weighted by Crippen LogP contribution is -2.25. The van der Waals surface area contributed by atoms with Crippen LogP contribution in [0, 0.1) is 0 Å². The van der Waals surface area contributed by atoms with Crippen molar-refractivity contribution in [2.45, 2.75) is 25.1 Å². The van der Waals surface area contributed by atoms with Crippen LogP contribution < -0.4 is 5.32 Å². The van der Waals surface area contributed by atoms with E-state index in [1.165, 1.54) is 23.3 Å². The van der Waals surface area contributed by atoms with Crippen molar-refractivity contribution >= 4 is 11.8 Å². The molecule has 1 aromatic rings. The molecular weight excluding hydrogens is 190 g/mol. The van der Waals surface area contributed by atoms with E-state index >= 15 is 0 Å². The molecule has 1 unspecified atom stereocenters. The fourth-order valence-corrected chi connectivity index (χ4v) is 3.07. The van der Waals surface area contributed by atoms with Crippen molar-refractivity contribution in [2.24, 2.45) is 0 Å². The summed E-state index contributed by atoms with van der Waals surface area (Å²) in [5, 5.41) is 4.10.